The zero-order valence-corrected chi connectivity index (χ0v) is 19.2. The number of rotatable bonds is 5. The third-order valence-electron chi connectivity index (χ3n) is 5.34. The molecule has 0 radical (unpaired) electrons. The molecule has 1 amide bonds. The van der Waals surface area contributed by atoms with E-state index in [1.165, 1.54) is 0 Å². The van der Waals surface area contributed by atoms with Gasteiger partial charge in [-0.25, -0.2) is 22.6 Å². The highest BCUT2D eigenvalue weighted by atomic mass is 19.4. The zero-order chi connectivity index (χ0) is 27.5. The summed E-state index contributed by atoms with van der Waals surface area (Å²) in [6.07, 6.45) is -5.23. The molecular formula is C22H21F6N5O4. The van der Waals surface area contributed by atoms with Gasteiger partial charge in [-0.05, 0) is 37.1 Å². The van der Waals surface area contributed by atoms with E-state index in [-0.39, 0.29) is 30.9 Å². The first-order chi connectivity index (χ1) is 17.3. The lowest BCUT2D eigenvalue weighted by atomic mass is 10.0. The first kappa shape index (κ1) is 27.7. The number of carbonyl (C=O) groups is 2. The van der Waals surface area contributed by atoms with Crippen molar-refractivity contribution >= 4 is 11.9 Å². The number of carbonyl (C=O) groups excluding carboxylic acids is 1. The minimum absolute atomic E-state index is 0.0603. The van der Waals surface area contributed by atoms with Crippen LogP contribution in [0.25, 0.3) is 11.5 Å². The Kier molecular flexibility index (Phi) is 8.25. The van der Waals surface area contributed by atoms with Crippen molar-refractivity contribution in [2.45, 2.75) is 45.1 Å². The number of alkyl halides is 3. The van der Waals surface area contributed by atoms with Crippen LogP contribution in [-0.4, -0.2) is 55.6 Å². The first-order valence-electron chi connectivity index (χ1n) is 10.7. The van der Waals surface area contributed by atoms with Crippen molar-refractivity contribution in [1.82, 2.24) is 19.9 Å². The van der Waals surface area contributed by atoms with E-state index in [2.05, 4.69) is 10.3 Å². The summed E-state index contributed by atoms with van der Waals surface area (Å²) >= 11 is 0. The van der Waals surface area contributed by atoms with Crippen LogP contribution >= 0.6 is 0 Å². The van der Waals surface area contributed by atoms with Crippen LogP contribution < -0.4 is 5.73 Å². The van der Waals surface area contributed by atoms with Crippen molar-refractivity contribution in [3.63, 3.8) is 0 Å². The van der Waals surface area contributed by atoms with E-state index in [0.717, 1.165) is 17.5 Å². The van der Waals surface area contributed by atoms with Gasteiger partial charge in [0, 0.05) is 25.1 Å². The number of benzene rings is 1. The molecule has 15 heteroatoms. The van der Waals surface area contributed by atoms with Crippen LogP contribution in [0.3, 0.4) is 0 Å². The second-order valence-electron chi connectivity index (χ2n) is 8.16. The maximum Gasteiger partial charge on any atom is 0.490 e. The molecule has 0 fully saturated rings. The highest BCUT2D eigenvalue weighted by molar-refractivity contribution is 5.77. The van der Waals surface area contributed by atoms with Crippen LogP contribution in [0.5, 0.6) is 0 Å². The van der Waals surface area contributed by atoms with E-state index in [1.807, 2.05) is 13.0 Å². The van der Waals surface area contributed by atoms with Gasteiger partial charge in [0.25, 0.3) is 0 Å². The number of carboxylic acid groups (broad SMARTS) is 1. The van der Waals surface area contributed by atoms with Crippen molar-refractivity contribution in [1.29, 1.82) is 0 Å². The molecule has 1 aliphatic heterocycles. The van der Waals surface area contributed by atoms with Crippen LogP contribution in [0.15, 0.2) is 28.7 Å². The van der Waals surface area contributed by atoms with Gasteiger partial charge in [-0.3, -0.25) is 4.79 Å². The highest BCUT2D eigenvalue weighted by Crippen LogP contribution is 2.27. The lowest BCUT2D eigenvalue weighted by Gasteiger charge is -2.28. The molecule has 2 aromatic heterocycles. The molecule has 0 unspecified atom stereocenters. The Morgan fingerprint density at radius 1 is 1.14 bits per heavy atom. The number of aryl methyl sites for hydroxylation is 1. The molecule has 0 spiro atoms. The fraction of sp³-hybridized carbons (Fsp3) is 0.364. The molecule has 1 aromatic carbocycles. The molecule has 3 N–H and O–H groups in total. The monoisotopic (exact) mass is 533 g/mol. The Hall–Kier alpha value is -3.88. The van der Waals surface area contributed by atoms with Crippen molar-refractivity contribution in [3.05, 3.63) is 58.7 Å². The summed E-state index contributed by atoms with van der Waals surface area (Å²) in [4.78, 5) is 23.3. The van der Waals surface area contributed by atoms with Crippen molar-refractivity contribution in [2.24, 2.45) is 5.73 Å². The number of aromatic nitrogens is 3. The average Bonchev–Trinajstić information content (AvgIpc) is 3.42. The number of aliphatic carboxylic acids is 1. The zero-order valence-electron chi connectivity index (χ0n) is 19.2. The second kappa shape index (κ2) is 11.0. The Morgan fingerprint density at radius 3 is 2.38 bits per heavy atom. The molecule has 3 heterocycles. The largest absolute Gasteiger partial charge is 0.490 e. The number of nitrogens with zero attached hydrogens (tertiary/aromatic N) is 4. The van der Waals surface area contributed by atoms with Crippen LogP contribution in [0.1, 0.15) is 23.4 Å². The van der Waals surface area contributed by atoms with E-state index < -0.39 is 35.6 Å². The van der Waals surface area contributed by atoms with E-state index in [9.17, 15) is 31.1 Å². The lowest BCUT2D eigenvalue weighted by Crippen LogP contribution is -2.41. The molecule has 3 aromatic rings. The molecule has 0 saturated heterocycles. The molecule has 1 atom stereocenters. The number of amides is 1. The lowest BCUT2D eigenvalue weighted by molar-refractivity contribution is -0.192. The predicted octanol–water partition coefficient (Wildman–Crippen LogP) is 3.20. The number of furan rings is 1. The molecule has 9 nitrogen and oxygen atoms in total. The minimum Gasteiger partial charge on any atom is -0.475 e. The predicted molar refractivity (Wildman–Crippen MR) is 114 cm³/mol. The summed E-state index contributed by atoms with van der Waals surface area (Å²) in [5.41, 5.74) is 7.26. The van der Waals surface area contributed by atoms with Crippen LogP contribution in [-0.2, 0) is 29.1 Å². The Labute approximate surface area is 205 Å². The van der Waals surface area contributed by atoms with Gasteiger partial charge in [0.1, 0.15) is 11.6 Å². The summed E-state index contributed by atoms with van der Waals surface area (Å²) in [6, 6.07) is 4.14. The minimum atomic E-state index is -5.08. The van der Waals surface area contributed by atoms with Crippen molar-refractivity contribution in [3.8, 4) is 11.5 Å². The molecule has 4 rings (SSSR count). The summed E-state index contributed by atoms with van der Waals surface area (Å²) < 4.78 is 79.4. The summed E-state index contributed by atoms with van der Waals surface area (Å²) in [5, 5.41) is 15.4. The summed E-state index contributed by atoms with van der Waals surface area (Å²) in [6.45, 7) is 3.01. The van der Waals surface area contributed by atoms with Crippen LogP contribution in [0.2, 0.25) is 0 Å². The average molecular weight is 533 g/mol. The van der Waals surface area contributed by atoms with Gasteiger partial charge in [-0.15, -0.1) is 5.10 Å². The Morgan fingerprint density at radius 2 is 1.78 bits per heavy atom. The van der Waals surface area contributed by atoms with Gasteiger partial charge >= 0.3 is 12.1 Å². The number of halogens is 6. The quantitative estimate of drug-likeness (QED) is 0.381. The summed E-state index contributed by atoms with van der Waals surface area (Å²) in [5.74, 6) is -4.96. The summed E-state index contributed by atoms with van der Waals surface area (Å²) in [7, 11) is 0. The maximum atomic E-state index is 13.8. The molecule has 37 heavy (non-hydrogen) atoms. The van der Waals surface area contributed by atoms with E-state index >= 15 is 0 Å². The van der Waals surface area contributed by atoms with E-state index in [4.69, 9.17) is 20.1 Å². The van der Waals surface area contributed by atoms with Gasteiger partial charge in [0.15, 0.2) is 23.1 Å². The molecule has 0 aliphatic carbocycles. The third-order valence-corrected chi connectivity index (χ3v) is 5.34. The van der Waals surface area contributed by atoms with Gasteiger partial charge < -0.3 is 20.2 Å². The SMILES string of the molecule is Cc1ccc(-c2nnn3c2CN(C(=O)C[C@H](N)Cc2cc(F)c(F)cc2F)CC3)o1.O=C(O)C(F)(F)F. The smallest absolute Gasteiger partial charge is 0.475 e. The fourth-order valence-corrected chi connectivity index (χ4v) is 3.54. The van der Waals surface area contributed by atoms with Gasteiger partial charge in [0.05, 0.1) is 18.8 Å². The number of fused-ring (bicyclic) bond motifs is 1. The first-order valence-corrected chi connectivity index (χ1v) is 10.7. The van der Waals surface area contributed by atoms with Crippen LogP contribution in [0, 0.1) is 24.4 Å². The molecule has 0 bridgehead atoms. The third kappa shape index (κ3) is 6.87. The van der Waals surface area contributed by atoms with E-state index in [1.54, 1.807) is 15.6 Å². The van der Waals surface area contributed by atoms with Crippen LogP contribution in [0.4, 0.5) is 26.3 Å². The number of carboxylic acids is 1. The Bertz CT molecular complexity index is 1290. The molecule has 1 aliphatic rings. The van der Waals surface area contributed by atoms with Crippen molar-refractivity contribution in [2.75, 3.05) is 6.54 Å². The topological polar surface area (TPSA) is 127 Å². The standard InChI is InChI=1S/C20H20F3N5O2.C2HF3O2/c1-11-2-3-18(30-11)20-17-10-27(4-5-28(17)26-25-20)19(29)8-13(24)6-12-7-15(22)16(23)9-14(12)21;3-2(4,5)1(6)7/h2-3,7,9,13H,4-6,8,10,24H2,1H3;(H,6,7)/t13-;/m1./s1. The van der Waals surface area contributed by atoms with Gasteiger partial charge in [-0.2, -0.15) is 13.2 Å². The number of hydrogen-bond acceptors (Lipinski definition) is 6. The number of hydrogen-bond donors (Lipinski definition) is 2. The van der Waals surface area contributed by atoms with Gasteiger partial charge in [0.2, 0.25) is 5.91 Å². The maximum absolute atomic E-state index is 13.8. The molecular weight excluding hydrogens is 512 g/mol. The van der Waals surface area contributed by atoms with E-state index in [0.29, 0.717) is 30.6 Å². The Balaban J connectivity index is 0.000000479. The number of nitrogens with two attached hydrogens (primary N) is 1. The molecule has 0 saturated carbocycles. The van der Waals surface area contributed by atoms with Gasteiger partial charge in [-0.1, -0.05) is 5.21 Å². The normalized spacial score (nSPS) is 14.0. The fourth-order valence-electron chi connectivity index (χ4n) is 3.54. The molecule has 200 valence electrons. The van der Waals surface area contributed by atoms with Crippen molar-refractivity contribution < 1.29 is 45.5 Å². The second-order valence-corrected chi connectivity index (χ2v) is 8.16. The highest BCUT2D eigenvalue weighted by Gasteiger charge is 2.38.